The van der Waals surface area contributed by atoms with Gasteiger partial charge in [-0.15, -0.1) is 0 Å². The SMILES string of the molecule is Cc1ccc(OCC(=O)NC(=S)Nc2ccccc2C(=O)O)cc1. The lowest BCUT2D eigenvalue weighted by atomic mass is 10.2. The number of rotatable bonds is 5. The third kappa shape index (κ3) is 5.06. The number of amides is 1. The van der Waals surface area contributed by atoms with E-state index in [0.717, 1.165) is 5.56 Å². The molecule has 2 aromatic rings. The molecule has 0 aromatic heterocycles. The molecule has 0 aliphatic heterocycles. The Balaban J connectivity index is 1.87. The molecule has 2 aromatic carbocycles. The van der Waals surface area contributed by atoms with Crippen LogP contribution in [0.3, 0.4) is 0 Å². The van der Waals surface area contributed by atoms with Gasteiger partial charge in [0.05, 0.1) is 11.3 Å². The lowest BCUT2D eigenvalue weighted by Gasteiger charge is -2.12. The molecule has 0 fully saturated rings. The summed E-state index contributed by atoms with van der Waals surface area (Å²) in [5, 5.41) is 14.2. The van der Waals surface area contributed by atoms with E-state index < -0.39 is 11.9 Å². The molecular weight excluding hydrogens is 328 g/mol. The van der Waals surface area contributed by atoms with Crippen LogP contribution in [0.5, 0.6) is 5.75 Å². The Morgan fingerprint density at radius 2 is 1.79 bits per heavy atom. The van der Waals surface area contributed by atoms with Gasteiger partial charge in [0.1, 0.15) is 5.75 Å². The fourth-order valence-corrected chi connectivity index (χ4v) is 2.10. The molecule has 6 nitrogen and oxygen atoms in total. The molecule has 0 radical (unpaired) electrons. The minimum absolute atomic E-state index is 0.00112. The van der Waals surface area contributed by atoms with E-state index in [4.69, 9.17) is 22.1 Å². The molecule has 1 amide bonds. The van der Waals surface area contributed by atoms with Gasteiger partial charge in [-0.3, -0.25) is 10.1 Å². The van der Waals surface area contributed by atoms with Crippen molar-refractivity contribution in [2.75, 3.05) is 11.9 Å². The number of carboxylic acids is 1. The fourth-order valence-electron chi connectivity index (χ4n) is 1.88. The zero-order valence-corrected chi connectivity index (χ0v) is 13.7. The first-order valence-electron chi connectivity index (χ1n) is 7.08. The second-order valence-corrected chi connectivity index (χ2v) is 5.36. The van der Waals surface area contributed by atoms with Crippen molar-refractivity contribution in [3.8, 4) is 5.75 Å². The average molecular weight is 344 g/mol. The molecule has 0 atom stereocenters. The molecule has 24 heavy (non-hydrogen) atoms. The van der Waals surface area contributed by atoms with E-state index in [1.54, 1.807) is 30.3 Å². The standard InChI is InChI=1S/C17H16N2O4S/c1-11-6-8-12(9-7-11)23-10-15(20)19-17(24)18-14-5-3-2-4-13(14)16(21)22/h2-9H,10H2,1H3,(H,21,22)(H2,18,19,20,24). The molecule has 0 saturated carbocycles. The Kier molecular flexibility index (Phi) is 5.86. The first-order chi connectivity index (χ1) is 11.5. The van der Waals surface area contributed by atoms with E-state index in [-0.39, 0.29) is 17.3 Å². The second kappa shape index (κ2) is 8.07. The maximum absolute atomic E-state index is 11.8. The molecule has 124 valence electrons. The molecule has 0 heterocycles. The predicted molar refractivity (Wildman–Crippen MR) is 94.4 cm³/mol. The highest BCUT2D eigenvalue weighted by atomic mass is 32.1. The van der Waals surface area contributed by atoms with Gasteiger partial charge < -0.3 is 15.2 Å². The highest BCUT2D eigenvalue weighted by Crippen LogP contribution is 2.14. The van der Waals surface area contributed by atoms with E-state index in [9.17, 15) is 9.59 Å². The summed E-state index contributed by atoms with van der Waals surface area (Å²) < 4.78 is 5.34. The molecule has 0 saturated heterocycles. The minimum Gasteiger partial charge on any atom is -0.484 e. The number of hydrogen-bond donors (Lipinski definition) is 3. The maximum atomic E-state index is 11.8. The fraction of sp³-hybridized carbons (Fsp3) is 0.118. The van der Waals surface area contributed by atoms with Gasteiger partial charge in [0.25, 0.3) is 5.91 Å². The van der Waals surface area contributed by atoms with Gasteiger partial charge in [-0.25, -0.2) is 4.79 Å². The van der Waals surface area contributed by atoms with Crippen LogP contribution in [-0.2, 0) is 4.79 Å². The minimum atomic E-state index is -1.09. The highest BCUT2D eigenvalue weighted by molar-refractivity contribution is 7.80. The van der Waals surface area contributed by atoms with Gasteiger partial charge >= 0.3 is 5.97 Å². The Morgan fingerprint density at radius 3 is 2.46 bits per heavy atom. The number of ether oxygens (including phenoxy) is 1. The first kappa shape index (κ1) is 17.4. The van der Waals surface area contributed by atoms with Gasteiger partial charge in [0, 0.05) is 0 Å². The highest BCUT2D eigenvalue weighted by Gasteiger charge is 2.11. The summed E-state index contributed by atoms with van der Waals surface area (Å²) in [4.78, 5) is 22.9. The van der Waals surface area contributed by atoms with Crippen molar-refractivity contribution in [3.05, 3.63) is 59.7 Å². The summed E-state index contributed by atoms with van der Waals surface area (Å²) in [5.41, 5.74) is 1.45. The predicted octanol–water partition coefficient (Wildman–Crippen LogP) is 2.59. The lowest BCUT2D eigenvalue weighted by Crippen LogP contribution is -2.37. The summed E-state index contributed by atoms with van der Waals surface area (Å²) >= 11 is 5.01. The van der Waals surface area contributed by atoms with Crippen LogP contribution in [0.15, 0.2) is 48.5 Å². The molecule has 0 unspecified atom stereocenters. The molecule has 0 bridgehead atoms. The number of aromatic carboxylic acids is 1. The Labute approximate surface area is 144 Å². The summed E-state index contributed by atoms with van der Waals surface area (Å²) in [5.74, 6) is -0.957. The molecule has 2 rings (SSSR count). The Bertz CT molecular complexity index is 759. The summed E-state index contributed by atoms with van der Waals surface area (Å²) in [6.07, 6.45) is 0. The normalized spacial score (nSPS) is 9.88. The van der Waals surface area contributed by atoms with Crippen LogP contribution in [0.2, 0.25) is 0 Å². The van der Waals surface area contributed by atoms with Crippen LogP contribution in [0.25, 0.3) is 0 Å². The second-order valence-electron chi connectivity index (χ2n) is 4.95. The van der Waals surface area contributed by atoms with Crippen LogP contribution in [0.4, 0.5) is 5.69 Å². The zero-order valence-electron chi connectivity index (χ0n) is 12.9. The van der Waals surface area contributed by atoms with Crippen molar-refractivity contribution in [1.29, 1.82) is 0 Å². The van der Waals surface area contributed by atoms with Crippen LogP contribution >= 0.6 is 12.2 Å². The summed E-state index contributed by atoms with van der Waals surface area (Å²) in [6.45, 7) is 1.75. The lowest BCUT2D eigenvalue weighted by molar-refractivity contribution is -0.121. The quantitative estimate of drug-likeness (QED) is 0.723. The van der Waals surface area contributed by atoms with Gasteiger partial charge in [0.15, 0.2) is 11.7 Å². The number of benzene rings is 2. The number of hydrogen-bond acceptors (Lipinski definition) is 4. The van der Waals surface area contributed by atoms with Gasteiger partial charge in [-0.2, -0.15) is 0 Å². The number of thiocarbonyl (C=S) groups is 1. The Morgan fingerprint density at radius 1 is 1.12 bits per heavy atom. The van der Waals surface area contributed by atoms with Crippen molar-refractivity contribution < 1.29 is 19.4 Å². The van der Waals surface area contributed by atoms with Crippen molar-refractivity contribution in [3.63, 3.8) is 0 Å². The molecule has 0 aliphatic rings. The maximum Gasteiger partial charge on any atom is 0.337 e. The largest absolute Gasteiger partial charge is 0.484 e. The van der Waals surface area contributed by atoms with E-state index >= 15 is 0 Å². The average Bonchev–Trinajstić information content (AvgIpc) is 2.54. The zero-order chi connectivity index (χ0) is 17.5. The van der Waals surface area contributed by atoms with Crippen molar-refractivity contribution in [2.45, 2.75) is 6.92 Å². The monoisotopic (exact) mass is 344 g/mol. The first-order valence-corrected chi connectivity index (χ1v) is 7.49. The number of para-hydroxylation sites is 1. The van der Waals surface area contributed by atoms with Crippen molar-refractivity contribution in [1.82, 2.24) is 5.32 Å². The third-order valence-corrected chi connectivity index (χ3v) is 3.25. The summed E-state index contributed by atoms with van der Waals surface area (Å²) in [7, 11) is 0. The summed E-state index contributed by atoms with van der Waals surface area (Å²) in [6, 6.07) is 13.6. The molecular formula is C17H16N2O4S. The van der Waals surface area contributed by atoms with Gasteiger partial charge in [0.2, 0.25) is 0 Å². The van der Waals surface area contributed by atoms with E-state index in [1.807, 2.05) is 19.1 Å². The van der Waals surface area contributed by atoms with E-state index in [2.05, 4.69) is 10.6 Å². The van der Waals surface area contributed by atoms with Crippen molar-refractivity contribution >= 4 is 34.9 Å². The van der Waals surface area contributed by atoms with E-state index in [0.29, 0.717) is 11.4 Å². The van der Waals surface area contributed by atoms with Crippen LogP contribution in [-0.4, -0.2) is 28.7 Å². The van der Waals surface area contributed by atoms with Crippen LogP contribution in [0, 0.1) is 6.92 Å². The van der Waals surface area contributed by atoms with Crippen molar-refractivity contribution in [2.24, 2.45) is 0 Å². The van der Waals surface area contributed by atoms with Gasteiger partial charge in [-0.05, 0) is 43.4 Å². The van der Waals surface area contributed by atoms with Gasteiger partial charge in [-0.1, -0.05) is 29.8 Å². The number of carbonyl (C=O) groups excluding carboxylic acids is 1. The smallest absolute Gasteiger partial charge is 0.337 e. The topological polar surface area (TPSA) is 87.7 Å². The third-order valence-electron chi connectivity index (χ3n) is 3.05. The van der Waals surface area contributed by atoms with Crippen LogP contribution in [0.1, 0.15) is 15.9 Å². The molecule has 7 heteroatoms. The number of aryl methyl sites for hydroxylation is 1. The van der Waals surface area contributed by atoms with E-state index in [1.165, 1.54) is 6.07 Å². The number of carbonyl (C=O) groups is 2. The molecule has 3 N–H and O–H groups in total. The number of anilines is 1. The molecule has 0 spiro atoms. The Hall–Kier alpha value is -2.93. The molecule has 0 aliphatic carbocycles. The van der Waals surface area contributed by atoms with Crippen LogP contribution < -0.4 is 15.4 Å². The number of nitrogens with one attached hydrogen (secondary N) is 2. The number of carboxylic acid groups (broad SMARTS) is 1.